The average Bonchev–Trinajstić information content (AvgIpc) is 2.29. The fourth-order valence-electron chi connectivity index (χ4n) is 1.89. The number of ether oxygens (including phenoxy) is 1. The van der Waals surface area contributed by atoms with E-state index in [9.17, 15) is 4.79 Å². The van der Waals surface area contributed by atoms with Gasteiger partial charge in [0.25, 0.3) is 0 Å². The van der Waals surface area contributed by atoms with E-state index in [4.69, 9.17) is 4.74 Å². The highest BCUT2D eigenvalue weighted by Gasteiger charge is 2.21. The van der Waals surface area contributed by atoms with E-state index in [2.05, 4.69) is 31.1 Å². The van der Waals surface area contributed by atoms with Crippen molar-refractivity contribution in [2.75, 3.05) is 11.9 Å². The van der Waals surface area contributed by atoms with Crippen molar-refractivity contribution in [1.82, 2.24) is 4.98 Å². The number of anilines is 1. The van der Waals surface area contributed by atoms with Crippen molar-refractivity contribution in [3.8, 4) is 0 Å². The largest absolute Gasteiger partial charge is 0.462 e. The van der Waals surface area contributed by atoms with E-state index in [1.165, 1.54) is 0 Å². The van der Waals surface area contributed by atoms with E-state index in [1.54, 1.807) is 25.3 Å². The van der Waals surface area contributed by atoms with E-state index < -0.39 is 0 Å². The predicted molar refractivity (Wildman–Crippen MR) is 72.8 cm³/mol. The van der Waals surface area contributed by atoms with Crippen LogP contribution in [0.4, 0.5) is 5.82 Å². The van der Waals surface area contributed by atoms with Gasteiger partial charge in [-0.1, -0.05) is 13.3 Å². The Hall–Kier alpha value is -1.58. The number of rotatable bonds is 6. The van der Waals surface area contributed by atoms with Gasteiger partial charge in [0.15, 0.2) is 0 Å². The molecule has 0 aliphatic carbocycles. The first kappa shape index (κ1) is 14.5. The molecular formula is C14H22N2O2. The molecule has 0 atom stereocenters. The Morgan fingerprint density at radius 1 is 1.44 bits per heavy atom. The quantitative estimate of drug-likeness (QED) is 0.787. The van der Waals surface area contributed by atoms with Gasteiger partial charge >= 0.3 is 5.97 Å². The summed E-state index contributed by atoms with van der Waals surface area (Å²) < 4.78 is 5.02. The standard InChI is InChI=1S/C14H22N2O2/c1-5-9-14(3,4)16-12-11(8-7-10-15-12)13(17)18-6-2/h7-8,10H,5-6,9H2,1-4H3,(H,15,16). The summed E-state index contributed by atoms with van der Waals surface area (Å²) in [4.78, 5) is 16.0. The molecule has 100 valence electrons. The molecule has 0 fully saturated rings. The predicted octanol–water partition coefficient (Wildman–Crippen LogP) is 3.25. The van der Waals surface area contributed by atoms with E-state index in [0.717, 1.165) is 12.8 Å². The number of hydrogen-bond acceptors (Lipinski definition) is 4. The normalized spacial score (nSPS) is 11.1. The van der Waals surface area contributed by atoms with E-state index in [0.29, 0.717) is 18.0 Å². The molecule has 0 spiro atoms. The zero-order valence-corrected chi connectivity index (χ0v) is 11.6. The Balaban J connectivity index is 2.92. The van der Waals surface area contributed by atoms with Gasteiger partial charge in [-0.2, -0.15) is 0 Å². The minimum absolute atomic E-state index is 0.0929. The summed E-state index contributed by atoms with van der Waals surface area (Å²) in [7, 11) is 0. The summed E-state index contributed by atoms with van der Waals surface area (Å²) in [6.07, 6.45) is 3.75. The lowest BCUT2D eigenvalue weighted by molar-refractivity contribution is 0.0527. The van der Waals surface area contributed by atoms with Crippen LogP contribution in [0.3, 0.4) is 0 Å². The molecule has 4 heteroatoms. The number of nitrogens with zero attached hydrogens (tertiary/aromatic N) is 1. The summed E-state index contributed by atoms with van der Waals surface area (Å²) in [5, 5.41) is 3.32. The molecule has 1 rings (SSSR count). The molecule has 1 N–H and O–H groups in total. The maximum absolute atomic E-state index is 11.8. The van der Waals surface area contributed by atoms with Crippen molar-refractivity contribution < 1.29 is 9.53 Å². The number of carbonyl (C=O) groups is 1. The van der Waals surface area contributed by atoms with Crippen molar-refractivity contribution in [1.29, 1.82) is 0 Å². The molecule has 0 saturated heterocycles. The lowest BCUT2D eigenvalue weighted by Gasteiger charge is -2.27. The Morgan fingerprint density at radius 3 is 2.78 bits per heavy atom. The van der Waals surface area contributed by atoms with Crippen LogP contribution in [0, 0.1) is 0 Å². The molecular weight excluding hydrogens is 228 g/mol. The van der Waals surface area contributed by atoms with Gasteiger partial charge in [-0.15, -0.1) is 0 Å². The molecule has 0 saturated carbocycles. The number of carbonyl (C=O) groups excluding carboxylic acids is 1. The van der Waals surface area contributed by atoms with Crippen LogP contribution in [-0.2, 0) is 4.74 Å². The van der Waals surface area contributed by atoms with Crippen molar-refractivity contribution in [2.24, 2.45) is 0 Å². The third-order valence-electron chi connectivity index (χ3n) is 2.63. The van der Waals surface area contributed by atoms with Gasteiger partial charge in [-0.05, 0) is 39.3 Å². The van der Waals surface area contributed by atoms with Crippen LogP contribution in [0.2, 0.25) is 0 Å². The first-order valence-electron chi connectivity index (χ1n) is 6.40. The molecule has 4 nitrogen and oxygen atoms in total. The topological polar surface area (TPSA) is 51.2 Å². The van der Waals surface area contributed by atoms with Crippen molar-refractivity contribution in [2.45, 2.75) is 46.1 Å². The molecule has 1 aromatic heterocycles. The number of aromatic nitrogens is 1. The smallest absolute Gasteiger partial charge is 0.341 e. The number of esters is 1. The van der Waals surface area contributed by atoms with Gasteiger partial charge in [0.05, 0.1) is 6.61 Å². The first-order chi connectivity index (χ1) is 8.50. The fraction of sp³-hybridized carbons (Fsp3) is 0.571. The van der Waals surface area contributed by atoms with Gasteiger partial charge < -0.3 is 10.1 Å². The highest BCUT2D eigenvalue weighted by molar-refractivity contribution is 5.94. The Bertz CT molecular complexity index is 403. The van der Waals surface area contributed by atoms with Crippen LogP contribution in [0.5, 0.6) is 0 Å². The van der Waals surface area contributed by atoms with Crippen molar-refractivity contribution in [3.63, 3.8) is 0 Å². The van der Waals surface area contributed by atoms with Crippen molar-refractivity contribution in [3.05, 3.63) is 23.9 Å². The molecule has 0 radical (unpaired) electrons. The van der Waals surface area contributed by atoms with Crippen LogP contribution in [0.25, 0.3) is 0 Å². The molecule has 0 aliphatic rings. The molecule has 18 heavy (non-hydrogen) atoms. The maximum atomic E-state index is 11.8. The second kappa shape index (κ2) is 6.38. The van der Waals surface area contributed by atoms with E-state index >= 15 is 0 Å². The summed E-state index contributed by atoms with van der Waals surface area (Å²) in [5.41, 5.74) is 0.396. The Morgan fingerprint density at radius 2 is 2.17 bits per heavy atom. The van der Waals surface area contributed by atoms with Crippen molar-refractivity contribution >= 4 is 11.8 Å². The summed E-state index contributed by atoms with van der Waals surface area (Å²) >= 11 is 0. The second-order valence-corrected chi connectivity index (χ2v) is 4.88. The fourth-order valence-corrected chi connectivity index (χ4v) is 1.89. The third kappa shape index (κ3) is 4.02. The Kier molecular flexibility index (Phi) is 5.13. The van der Waals surface area contributed by atoms with Gasteiger partial charge in [-0.25, -0.2) is 9.78 Å². The van der Waals surface area contributed by atoms with Gasteiger partial charge in [0, 0.05) is 11.7 Å². The zero-order chi connectivity index (χ0) is 13.6. The van der Waals surface area contributed by atoms with Crippen LogP contribution in [0.15, 0.2) is 18.3 Å². The van der Waals surface area contributed by atoms with Crippen LogP contribution >= 0.6 is 0 Å². The van der Waals surface area contributed by atoms with E-state index in [-0.39, 0.29) is 11.5 Å². The van der Waals surface area contributed by atoms with Gasteiger partial charge in [-0.3, -0.25) is 0 Å². The van der Waals surface area contributed by atoms with E-state index in [1.807, 2.05) is 0 Å². The molecule has 1 heterocycles. The van der Waals surface area contributed by atoms with Crippen LogP contribution in [-0.4, -0.2) is 23.1 Å². The number of hydrogen-bond donors (Lipinski definition) is 1. The SMILES string of the molecule is CCCC(C)(C)Nc1ncccc1C(=O)OCC. The molecule has 0 aromatic carbocycles. The number of nitrogens with one attached hydrogen (secondary N) is 1. The number of pyridine rings is 1. The molecule has 0 aliphatic heterocycles. The highest BCUT2D eigenvalue weighted by atomic mass is 16.5. The van der Waals surface area contributed by atoms with Crippen LogP contribution in [0.1, 0.15) is 50.9 Å². The third-order valence-corrected chi connectivity index (χ3v) is 2.63. The van der Waals surface area contributed by atoms with Gasteiger partial charge in [0.2, 0.25) is 0 Å². The summed E-state index contributed by atoms with van der Waals surface area (Å²) in [6, 6.07) is 3.47. The van der Waals surface area contributed by atoms with Crippen LogP contribution < -0.4 is 5.32 Å². The molecule has 0 amide bonds. The molecule has 0 bridgehead atoms. The second-order valence-electron chi connectivity index (χ2n) is 4.88. The van der Waals surface area contributed by atoms with Gasteiger partial charge in [0.1, 0.15) is 11.4 Å². The summed E-state index contributed by atoms with van der Waals surface area (Å²) in [6.45, 7) is 8.49. The first-order valence-corrected chi connectivity index (χ1v) is 6.40. The minimum atomic E-state index is -0.333. The average molecular weight is 250 g/mol. The summed E-state index contributed by atoms with van der Waals surface area (Å²) in [5.74, 6) is 0.259. The minimum Gasteiger partial charge on any atom is -0.462 e. The lowest BCUT2D eigenvalue weighted by Crippen LogP contribution is -2.32. The maximum Gasteiger partial charge on any atom is 0.341 e. The Labute approximate surface area is 109 Å². The highest BCUT2D eigenvalue weighted by Crippen LogP contribution is 2.21. The molecule has 1 aromatic rings. The monoisotopic (exact) mass is 250 g/mol. The lowest BCUT2D eigenvalue weighted by atomic mass is 9.98. The molecule has 0 unspecified atom stereocenters. The zero-order valence-electron chi connectivity index (χ0n) is 11.6.